The zero-order valence-electron chi connectivity index (χ0n) is 30.3. The number of hydrogen-bond donors (Lipinski definition) is 0. The van der Waals surface area contributed by atoms with Gasteiger partial charge in [0.2, 0.25) is 0 Å². The van der Waals surface area contributed by atoms with Crippen LogP contribution in [0.25, 0.3) is 121 Å². The highest BCUT2D eigenvalue weighted by atomic mass is 16.3. The highest BCUT2D eigenvalue weighted by Gasteiger charge is 2.23. The minimum absolute atomic E-state index is 0.894. The first-order valence-corrected chi connectivity index (χ1v) is 19.2. The molecular weight excluding hydrogens is 681 g/mol. The van der Waals surface area contributed by atoms with Crippen molar-refractivity contribution in [1.82, 2.24) is 0 Å². The van der Waals surface area contributed by atoms with E-state index in [0.29, 0.717) is 0 Å². The van der Waals surface area contributed by atoms with Crippen LogP contribution in [0.1, 0.15) is 0 Å². The van der Waals surface area contributed by atoms with Crippen molar-refractivity contribution in [1.29, 1.82) is 0 Å². The lowest BCUT2D eigenvalue weighted by atomic mass is 9.82. The first-order valence-electron chi connectivity index (χ1n) is 19.2. The highest BCUT2D eigenvalue weighted by Crippen LogP contribution is 2.49. The topological polar surface area (TPSA) is 26.3 Å². The molecule has 0 radical (unpaired) electrons. The molecular formula is C54H32O2. The number of para-hydroxylation sites is 4. The molecule has 0 fully saturated rings. The quantitative estimate of drug-likeness (QED) is 0.170. The van der Waals surface area contributed by atoms with Gasteiger partial charge in [-0.15, -0.1) is 0 Å². The smallest absolute Gasteiger partial charge is 0.143 e. The van der Waals surface area contributed by atoms with Gasteiger partial charge < -0.3 is 8.83 Å². The van der Waals surface area contributed by atoms with Crippen LogP contribution >= 0.6 is 0 Å². The zero-order chi connectivity index (χ0) is 36.7. The first-order chi connectivity index (χ1) is 27.8. The summed E-state index contributed by atoms with van der Waals surface area (Å²) in [5.41, 5.74) is 12.8. The number of benzene rings is 10. The van der Waals surface area contributed by atoms with Crippen LogP contribution in [0.5, 0.6) is 0 Å². The minimum Gasteiger partial charge on any atom is -0.455 e. The van der Waals surface area contributed by atoms with Gasteiger partial charge in [-0.2, -0.15) is 0 Å². The summed E-state index contributed by atoms with van der Waals surface area (Å²) in [7, 11) is 0. The Kier molecular flexibility index (Phi) is 6.66. The number of furan rings is 2. The Morgan fingerprint density at radius 1 is 0.250 bits per heavy atom. The summed E-state index contributed by atoms with van der Waals surface area (Å²) in [4.78, 5) is 0. The van der Waals surface area contributed by atoms with Crippen molar-refractivity contribution < 1.29 is 8.83 Å². The molecule has 2 aromatic heterocycles. The molecule has 0 amide bonds. The fourth-order valence-electron chi connectivity index (χ4n) is 9.22. The Morgan fingerprint density at radius 2 is 0.714 bits per heavy atom. The second-order valence-electron chi connectivity index (χ2n) is 14.7. The van der Waals surface area contributed by atoms with E-state index in [2.05, 4.69) is 182 Å². The van der Waals surface area contributed by atoms with E-state index >= 15 is 0 Å². The van der Waals surface area contributed by atoms with E-state index < -0.39 is 0 Å². The summed E-state index contributed by atoms with van der Waals surface area (Å²) >= 11 is 0. The lowest BCUT2D eigenvalue weighted by Gasteiger charge is -2.21. The number of rotatable bonds is 4. The van der Waals surface area contributed by atoms with Crippen LogP contribution in [0.4, 0.5) is 0 Å². The van der Waals surface area contributed by atoms with Gasteiger partial charge >= 0.3 is 0 Å². The Bertz CT molecular complexity index is 3360. The predicted octanol–water partition coefficient (Wildman–Crippen LogP) is 15.6. The summed E-state index contributed by atoms with van der Waals surface area (Å²) in [5, 5.41) is 11.6. The molecule has 0 saturated carbocycles. The second-order valence-corrected chi connectivity index (χ2v) is 14.7. The van der Waals surface area contributed by atoms with Gasteiger partial charge in [-0.1, -0.05) is 176 Å². The molecule has 2 nitrogen and oxygen atoms in total. The van der Waals surface area contributed by atoms with Gasteiger partial charge in [0.1, 0.15) is 22.3 Å². The minimum atomic E-state index is 0.894. The van der Waals surface area contributed by atoms with Crippen LogP contribution < -0.4 is 0 Å². The predicted molar refractivity (Wildman–Crippen MR) is 235 cm³/mol. The molecule has 0 atom stereocenters. The summed E-state index contributed by atoms with van der Waals surface area (Å²) in [6.45, 7) is 0. The molecule has 0 N–H and O–H groups in total. The van der Waals surface area contributed by atoms with Crippen molar-refractivity contribution in [3.8, 4) is 44.5 Å². The van der Waals surface area contributed by atoms with Crippen LogP contribution in [0.2, 0.25) is 0 Å². The maximum absolute atomic E-state index is 6.68. The highest BCUT2D eigenvalue weighted by molar-refractivity contribution is 6.25. The van der Waals surface area contributed by atoms with Crippen LogP contribution in [0, 0.1) is 0 Å². The van der Waals surface area contributed by atoms with Crippen molar-refractivity contribution in [2.24, 2.45) is 0 Å². The molecule has 2 heterocycles. The van der Waals surface area contributed by atoms with E-state index in [1.54, 1.807) is 0 Å². The van der Waals surface area contributed by atoms with E-state index in [0.717, 1.165) is 66.1 Å². The Morgan fingerprint density at radius 3 is 1.30 bits per heavy atom. The maximum atomic E-state index is 6.68. The third kappa shape index (κ3) is 4.50. The van der Waals surface area contributed by atoms with Gasteiger partial charge in [0.15, 0.2) is 0 Å². The molecule has 56 heavy (non-hydrogen) atoms. The van der Waals surface area contributed by atoms with Crippen molar-refractivity contribution in [3.05, 3.63) is 194 Å². The molecule has 10 aromatic carbocycles. The van der Waals surface area contributed by atoms with Crippen LogP contribution in [0.15, 0.2) is 203 Å². The third-order valence-corrected chi connectivity index (χ3v) is 11.7. The van der Waals surface area contributed by atoms with Gasteiger partial charge in [0.25, 0.3) is 0 Å². The third-order valence-electron chi connectivity index (χ3n) is 11.7. The number of hydrogen-bond acceptors (Lipinski definition) is 2. The Labute approximate surface area is 322 Å². The molecule has 2 heteroatoms. The van der Waals surface area contributed by atoms with E-state index in [4.69, 9.17) is 8.83 Å². The normalized spacial score (nSPS) is 11.9. The fourth-order valence-corrected chi connectivity index (χ4v) is 9.22. The molecule has 0 aliphatic carbocycles. The molecule has 0 spiro atoms. The first kappa shape index (κ1) is 31.0. The zero-order valence-corrected chi connectivity index (χ0v) is 30.3. The summed E-state index contributed by atoms with van der Waals surface area (Å²) < 4.78 is 13.4. The lowest BCUT2D eigenvalue weighted by Crippen LogP contribution is -1.94. The van der Waals surface area contributed by atoms with Gasteiger partial charge in [-0.05, 0) is 83.9 Å². The average Bonchev–Trinajstić information content (AvgIpc) is 3.84. The Hall–Kier alpha value is -7.42. The SMILES string of the molecule is c1ccc(-c2ccc3ccccc3c2-c2c3cccc(-c4cccc5c4oc4ccccc45)c3cc3c(-c4cccc5c4oc4ccccc45)cccc23)cc1. The molecule has 0 bridgehead atoms. The second kappa shape index (κ2) is 12.0. The monoisotopic (exact) mass is 712 g/mol. The van der Waals surface area contributed by atoms with Gasteiger partial charge in [-0.25, -0.2) is 0 Å². The van der Waals surface area contributed by atoms with Crippen LogP contribution in [0.3, 0.4) is 0 Å². The van der Waals surface area contributed by atoms with Crippen molar-refractivity contribution in [2.45, 2.75) is 0 Å². The summed E-state index contributed by atoms with van der Waals surface area (Å²) in [6.07, 6.45) is 0. The molecule has 0 unspecified atom stereocenters. The molecule has 12 rings (SSSR count). The molecule has 12 aromatic rings. The van der Waals surface area contributed by atoms with Crippen LogP contribution in [-0.4, -0.2) is 0 Å². The summed E-state index contributed by atoms with van der Waals surface area (Å²) in [6, 6.07) is 69.8. The average molecular weight is 713 g/mol. The van der Waals surface area contributed by atoms with E-state index in [1.807, 2.05) is 12.1 Å². The van der Waals surface area contributed by atoms with Gasteiger partial charge in [-0.3, -0.25) is 0 Å². The van der Waals surface area contributed by atoms with Gasteiger partial charge in [0.05, 0.1) is 0 Å². The van der Waals surface area contributed by atoms with Crippen molar-refractivity contribution in [2.75, 3.05) is 0 Å². The van der Waals surface area contributed by atoms with Crippen molar-refractivity contribution >= 4 is 76.2 Å². The largest absolute Gasteiger partial charge is 0.455 e. The molecule has 260 valence electrons. The van der Waals surface area contributed by atoms with Crippen LogP contribution in [-0.2, 0) is 0 Å². The number of fused-ring (bicyclic) bond motifs is 9. The molecule has 0 aliphatic heterocycles. The van der Waals surface area contributed by atoms with Gasteiger partial charge in [0, 0.05) is 32.7 Å². The lowest BCUT2D eigenvalue weighted by molar-refractivity contribution is 0.669. The van der Waals surface area contributed by atoms with E-state index in [9.17, 15) is 0 Å². The van der Waals surface area contributed by atoms with E-state index in [1.165, 1.54) is 54.6 Å². The fraction of sp³-hybridized carbons (Fsp3) is 0. The maximum Gasteiger partial charge on any atom is 0.143 e. The standard InChI is InChI=1S/C54H32O2/c1-2-14-33(15-3-1)36-31-30-34-16-4-5-17-35(34)51(36)52-41-22-10-20-37(43-24-12-26-45-39-18-6-8-28-49(39)55-53(43)45)47(41)32-48-38(21-11-23-42(48)52)44-25-13-27-46-40-19-7-9-29-50(40)56-54(44)46/h1-32H. The molecule has 0 aliphatic rings. The van der Waals surface area contributed by atoms with E-state index in [-0.39, 0.29) is 0 Å². The summed E-state index contributed by atoms with van der Waals surface area (Å²) in [5.74, 6) is 0. The van der Waals surface area contributed by atoms with Crippen molar-refractivity contribution in [3.63, 3.8) is 0 Å². The Balaban J connectivity index is 1.27. The molecule has 0 saturated heterocycles.